The van der Waals surface area contributed by atoms with Crippen molar-refractivity contribution >= 4 is 27.7 Å². The van der Waals surface area contributed by atoms with Gasteiger partial charge in [0.1, 0.15) is 5.82 Å². The van der Waals surface area contributed by atoms with Gasteiger partial charge in [0.2, 0.25) is 10.0 Å². The number of carbonyl (C=O) groups excluding carboxylic acids is 1. The Labute approximate surface area is 178 Å². The number of anilines is 1. The minimum atomic E-state index is -3.62. The Morgan fingerprint density at radius 1 is 1.10 bits per heavy atom. The molecule has 0 fully saturated rings. The molecule has 162 valence electrons. The van der Waals surface area contributed by atoms with Gasteiger partial charge in [-0.3, -0.25) is 4.79 Å². The largest absolute Gasteiger partial charge is 0.383 e. The number of hydrogen-bond donors (Lipinski definition) is 1. The minimum absolute atomic E-state index is 0.206. The number of likely N-dealkylation sites (N-methyl/N-ethyl adjacent to an activating group) is 1. The Hall–Kier alpha value is -2.67. The molecular weight excluding hydrogens is 403 g/mol. The highest BCUT2D eigenvalue weighted by Crippen LogP contribution is 2.31. The second-order valence-corrected chi connectivity index (χ2v) is 9.89. The monoisotopic (exact) mass is 432 g/mol. The van der Waals surface area contributed by atoms with Gasteiger partial charge < -0.3 is 5.32 Å². The first kappa shape index (κ1) is 23.6. The molecule has 5 nitrogen and oxygen atoms in total. The molecule has 2 rings (SSSR count). The average molecular weight is 433 g/mol. The first-order valence-electron chi connectivity index (χ1n) is 9.65. The summed E-state index contributed by atoms with van der Waals surface area (Å²) in [6.45, 7) is 9.32. The van der Waals surface area contributed by atoms with E-state index in [9.17, 15) is 17.6 Å². The number of sulfonamides is 1. The maximum Gasteiger partial charge on any atom is 0.262 e. The highest BCUT2D eigenvalue weighted by atomic mass is 32.2. The summed E-state index contributed by atoms with van der Waals surface area (Å²) in [4.78, 5) is 12.4. The molecule has 0 unspecified atom stereocenters. The summed E-state index contributed by atoms with van der Waals surface area (Å²) in [6, 6.07) is 9.06. The SMILES string of the molecule is CC(=Cc1cc(C)c(-c2ccc(NC(C)C)cc2F)cc1C)C(=O)N(C)S(C)(=O)=O. The van der Waals surface area contributed by atoms with E-state index in [2.05, 4.69) is 5.32 Å². The van der Waals surface area contributed by atoms with E-state index in [-0.39, 0.29) is 11.9 Å². The number of amides is 1. The molecule has 0 atom stereocenters. The number of carbonyl (C=O) groups is 1. The van der Waals surface area contributed by atoms with Crippen molar-refractivity contribution in [1.29, 1.82) is 0 Å². The summed E-state index contributed by atoms with van der Waals surface area (Å²) in [7, 11) is -2.39. The molecule has 0 aromatic heterocycles. The summed E-state index contributed by atoms with van der Waals surface area (Å²) >= 11 is 0. The third-order valence-electron chi connectivity index (χ3n) is 4.82. The molecule has 0 bridgehead atoms. The third kappa shape index (κ3) is 5.48. The van der Waals surface area contributed by atoms with E-state index in [1.54, 1.807) is 19.1 Å². The van der Waals surface area contributed by atoms with E-state index in [1.165, 1.54) is 13.1 Å². The molecule has 1 N–H and O–H groups in total. The molecule has 0 saturated heterocycles. The number of rotatable bonds is 6. The standard InChI is InChI=1S/C23H29FN2O3S/c1-14(2)25-19-8-9-20(22(24)13-19)21-12-15(3)18(10-16(21)4)11-17(5)23(27)26(6)30(7,28)29/h8-14,25H,1-7H3. The Bertz CT molecular complexity index is 1110. The molecule has 0 aliphatic rings. The van der Waals surface area contributed by atoms with E-state index in [1.807, 2.05) is 45.9 Å². The van der Waals surface area contributed by atoms with Gasteiger partial charge in [-0.05, 0) is 81.1 Å². The fraction of sp³-hybridized carbons (Fsp3) is 0.348. The van der Waals surface area contributed by atoms with E-state index < -0.39 is 15.9 Å². The predicted molar refractivity (Wildman–Crippen MR) is 121 cm³/mol. The van der Waals surface area contributed by atoms with Crippen LogP contribution in [0, 0.1) is 19.7 Å². The molecule has 0 saturated carbocycles. The lowest BCUT2D eigenvalue weighted by Gasteiger charge is -2.16. The van der Waals surface area contributed by atoms with Crippen molar-refractivity contribution in [2.24, 2.45) is 0 Å². The maximum absolute atomic E-state index is 14.8. The van der Waals surface area contributed by atoms with Crippen molar-refractivity contribution in [2.75, 3.05) is 18.6 Å². The van der Waals surface area contributed by atoms with Gasteiger partial charge in [0.25, 0.3) is 5.91 Å². The van der Waals surface area contributed by atoms with E-state index in [4.69, 9.17) is 0 Å². The van der Waals surface area contributed by atoms with Crippen LogP contribution in [0.4, 0.5) is 10.1 Å². The first-order valence-corrected chi connectivity index (χ1v) is 11.5. The van der Waals surface area contributed by atoms with Crippen LogP contribution in [0.2, 0.25) is 0 Å². The zero-order chi connectivity index (χ0) is 22.8. The normalized spacial score (nSPS) is 12.2. The van der Waals surface area contributed by atoms with Crippen LogP contribution in [0.15, 0.2) is 35.9 Å². The van der Waals surface area contributed by atoms with Gasteiger partial charge in [-0.2, -0.15) is 0 Å². The molecule has 0 aliphatic carbocycles. The van der Waals surface area contributed by atoms with Crippen molar-refractivity contribution in [3.05, 3.63) is 58.4 Å². The molecule has 30 heavy (non-hydrogen) atoms. The van der Waals surface area contributed by atoms with Gasteiger partial charge >= 0.3 is 0 Å². The fourth-order valence-electron chi connectivity index (χ4n) is 3.13. The van der Waals surface area contributed by atoms with E-state index in [0.717, 1.165) is 38.5 Å². The summed E-state index contributed by atoms with van der Waals surface area (Å²) in [5.41, 5.74) is 4.79. The van der Waals surface area contributed by atoms with Crippen LogP contribution in [0.25, 0.3) is 17.2 Å². The number of aryl methyl sites for hydroxylation is 2. The molecular formula is C23H29FN2O3S. The molecule has 1 amide bonds. The molecule has 0 spiro atoms. The number of nitrogens with one attached hydrogen (secondary N) is 1. The summed E-state index contributed by atoms with van der Waals surface area (Å²) in [6.07, 6.45) is 2.64. The molecule has 0 radical (unpaired) electrons. The highest BCUT2D eigenvalue weighted by molar-refractivity contribution is 7.88. The number of halogens is 1. The Kier molecular flexibility index (Phi) is 7.08. The summed E-state index contributed by atoms with van der Waals surface area (Å²) in [5.74, 6) is -0.898. The molecule has 7 heteroatoms. The smallest absolute Gasteiger partial charge is 0.262 e. The van der Waals surface area contributed by atoms with Crippen molar-refractivity contribution in [1.82, 2.24) is 4.31 Å². The topological polar surface area (TPSA) is 66.5 Å². The van der Waals surface area contributed by atoms with Crippen molar-refractivity contribution in [3.8, 4) is 11.1 Å². The van der Waals surface area contributed by atoms with Gasteiger partial charge in [-0.1, -0.05) is 12.1 Å². The average Bonchev–Trinajstić information content (AvgIpc) is 2.62. The lowest BCUT2D eigenvalue weighted by molar-refractivity contribution is -0.121. The Morgan fingerprint density at radius 3 is 2.27 bits per heavy atom. The van der Waals surface area contributed by atoms with Crippen molar-refractivity contribution in [3.63, 3.8) is 0 Å². The van der Waals surface area contributed by atoms with Crippen LogP contribution < -0.4 is 5.32 Å². The van der Waals surface area contributed by atoms with Gasteiger partial charge in [-0.25, -0.2) is 17.1 Å². The second kappa shape index (κ2) is 9.00. The predicted octanol–water partition coefficient (Wildman–Crippen LogP) is 4.75. The molecule has 0 heterocycles. The third-order valence-corrected chi connectivity index (χ3v) is 5.98. The van der Waals surface area contributed by atoms with E-state index in [0.29, 0.717) is 11.1 Å². The van der Waals surface area contributed by atoms with Gasteiger partial charge in [0.15, 0.2) is 0 Å². The van der Waals surface area contributed by atoms with Crippen LogP contribution in [0.1, 0.15) is 37.5 Å². The number of benzene rings is 2. The maximum atomic E-state index is 14.8. The van der Waals surface area contributed by atoms with Gasteiger partial charge in [0.05, 0.1) is 6.26 Å². The highest BCUT2D eigenvalue weighted by Gasteiger charge is 2.20. The van der Waals surface area contributed by atoms with Crippen LogP contribution in [0.5, 0.6) is 0 Å². The van der Waals surface area contributed by atoms with Crippen LogP contribution in [-0.4, -0.2) is 38.0 Å². The summed E-state index contributed by atoms with van der Waals surface area (Å²) in [5, 5.41) is 3.18. The van der Waals surface area contributed by atoms with Gasteiger partial charge in [0, 0.05) is 29.9 Å². The number of nitrogens with zero attached hydrogens (tertiary/aromatic N) is 1. The second-order valence-electron chi connectivity index (χ2n) is 7.88. The quantitative estimate of drug-likeness (QED) is 0.669. The number of hydrogen-bond acceptors (Lipinski definition) is 4. The lowest BCUT2D eigenvalue weighted by atomic mass is 9.93. The van der Waals surface area contributed by atoms with Crippen molar-refractivity contribution in [2.45, 2.75) is 40.7 Å². The fourth-order valence-corrected chi connectivity index (χ4v) is 3.58. The molecule has 2 aromatic rings. The van der Waals surface area contributed by atoms with Crippen LogP contribution in [-0.2, 0) is 14.8 Å². The van der Waals surface area contributed by atoms with Crippen molar-refractivity contribution < 1.29 is 17.6 Å². The molecule has 2 aromatic carbocycles. The van der Waals surface area contributed by atoms with Gasteiger partial charge in [-0.15, -0.1) is 0 Å². The minimum Gasteiger partial charge on any atom is -0.383 e. The Balaban J connectivity index is 2.42. The first-order chi connectivity index (χ1) is 13.8. The molecule has 0 aliphatic heterocycles. The van der Waals surface area contributed by atoms with E-state index >= 15 is 0 Å². The zero-order valence-electron chi connectivity index (χ0n) is 18.5. The van der Waals surface area contributed by atoms with Crippen LogP contribution in [0.3, 0.4) is 0 Å². The Morgan fingerprint density at radius 2 is 1.73 bits per heavy atom. The lowest BCUT2D eigenvalue weighted by Crippen LogP contribution is -2.32. The summed E-state index contributed by atoms with van der Waals surface area (Å²) < 4.78 is 38.7. The van der Waals surface area contributed by atoms with Crippen LogP contribution >= 0.6 is 0 Å². The zero-order valence-corrected chi connectivity index (χ0v) is 19.3.